The van der Waals surface area contributed by atoms with Gasteiger partial charge in [0.25, 0.3) is 11.5 Å². The summed E-state index contributed by atoms with van der Waals surface area (Å²) in [6.45, 7) is 3.58. The second-order valence-electron chi connectivity index (χ2n) is 3.82. The summed E-state index contributed by atoms with van der Waals surface area (Å²) in [6.07, 6.45) is -0.399. The molecule has 2 rings (SSSR count). The van der Waals surface area contributed by atoms with Crippen LogP contribution in [0.1, 0.15) is 37.1 Å². The minimum absolute atomic E-state index is 0.145. The Kier molecular flexibility index (Phi) is 4.40. The van der Waals surface area contributed by atoms with Crippen molar-refractivity contribution in [2.75, 3.05) is 0 Å². The quantitative estimate of drug-likeness (QED) is 0.795. The molecule has 0 aliphatic heterocycles. The summed E-state index contributed by atoms with van der Waals surface area (Å²) in [6, 6.07) is 1.38. The number of aliphatic hydroxyl groups excluding tert-OH is 1. The highest BCUT2D eigenvalue weighted by Crippen LogP contribution is 2.31. The van der Waals surface area contributed by atoms with Gasteiger partial charge in [-0.05, 0) is 18.1 Å². The van der Waals surface area contributed by atoms with Crippen LogP contribution < -0.4 is 5.56 Å². The Balaban J connectivity index is 0.000000686. The number of aromatic amines is 1. The van der Waals surface area contributed by atoms with Crippen molar-refractivity contribution in [3.05, 3.63) is 33.2 Å². The van der Waals surface area contributed by atoms with Gasteiger partial charge in [0.2, 0.25) is 0 Å². The number of fused-ring (bicyclic) bond motifs is 1. The molecule has 5 heteroatoms. The number of hydrogen-bond acceptors (Lipinski definition) is 2. The smallest absolute Gasteiger partial charge is 0.253 e. The molecule has 0 aromatic carbocycles. The van der Waals surface area contributed by atoms with Crippen molar-refractivity contribution in [2.24, 2.45) is 0 Å². The van der Waals surface area contributed by atoms with Crippen molar-refractivity contribution >= 4 is 0 Å². The number of H-pyrrole nitrogens is 1. The number of nitrogens with one attached hydrogen (secondary N) is 1. The van der Waals surface area contributed by atoms with Crippen LogP contribution in [-0.2, 0) is 19.4 Å². The molecule has 0 unspecified atom stereocenters. The first-order valence-corrected chi connectivity index (χ1v) is 5.74. The fourth-order valence-electron chi connectivity index (χ4n) is 1.83. The predicted octanol–water partition coefficient (Wildman–Crippen LogP) is 2.02. The van der Waals surface area contributed by atoms with Gasteiger partial charge < -0.3 is 10.1 Å². The van der Waals surface area contributed by atoms with Gasteiger partial charge in [-0.1, -0.05) is 13.8 Å². The van der Waals surface area contributed by atoms with Gasteiger partial charge in [0.05, 0.1) is 6.61 Å². The van der Waals surface area contributed by atoms with Crippen LogP contribution in [0.4, 0.5) is 8.78 Å². The molecule has 0 amide bonds. The minimum atomic E-state index is -2.70. The van der Waals surface area contributed by atoms with Crippen LogP contribution in [0.15, 0.2) is 10.9 Å². The van der Waals surface area contributed by atoms with Crippen LogP contribution in [0.5, 0.6) is 0 Å². The molecule has 0 spiro atoms. The van der Waals surface area contributed by atoms with Crippen molar-refractivity contribution < 1.29 is 13.9 Å². The van der Waals surface area contributed by atoms with Gasteiger partial charge in [-0.25, -0.2) is 8.78 Å². The summed E-state index contributed by atoms with van der Waals surface area (Å²) < 4.78 is 26.1. The predicted molar refractivity (Wildman–Crippen MR) is 61.3 cm³/mol. The minimum Gasteiger partial charge on any atom is -0.391 e. The zero-order chi connectivity index (χ0) is 13.1. The zero-order valence-electron chi connectivity index (χ0n) is 10.0. The zero-order valence-corrected chi connectivity index (χ0v) is 10.0. The van der Waals surface area contributed by atoms with E-state index in [1.54, 1.807) is 0 Å². The highest BCUT2D eigenvalue weighted by atomic mass is 19.3. The van der Waals surface area contributed by atoms with E-state index in [0.29, 0.717) is 11.3 Å². The van der Waals surface area contributed by atoms with E-state index in [2.05, 4.69) is 4.98 Å². The number of aliphatic hydroxyl groups is 1. The van der Waals surface area contributed by atoms with E-state index in [4.69, 9.17) is 5.11 Å². The maximum absolute atomic E-state index is 13.1. The number of rotatable bonds is 1. The lowest BCUT2D eigenvalue weighted by molar-refractivity contribution is -0.0128. The third kappa shape index (κ3) is 3.12. The van der Waals surface area contributed by atoms with E-state index >= 15 is 0 Å². The Morgan fingerprint density at radius 3 is 2.71 bits per heavy atom. The van der Waals surface area contributed by atoms with E-state index in [1.165, 1.54) is 6.07 Å². The van der Waals surface area contributed by atoms with Gasteiger partial charge in [-0.3, -0.25) is 4.79 Å². The first-order valence-electron chi connectivity index (χ1n) is 5.74. The van der Waals surface area contributed by atoms with Crippen molar-refractivity contribution in [1.29, 1.82) is 0 Å². The molecular formula is C12H17F2NO2. The molecule has 17 heavy (non-hydrogen) atoms. The molecule has 96 valence electrons. The lowest BCUT2D eigenvalue weighted by Gasteiger charge is -2.24. The highest BCUT2D eigenvalue weighted by Gasteiger charge is 2.34. The maximum Gasteiger partial charge on any atom is 0.253 e. The summed E-state index contributed by atoms with van der Waals surface area (Å²) in [5.41, 5.74) is 0.769. The van der Waals surface area contributed by atoms with Crippen LogP contribution in [-0.4, -0.2) is 16.0 Å². The molecule has 1 aliphatic carbocycles. The first-order chi connectivity index (χ1) is 8.02. The van der Waals surface area contributed by atoms with Crippen molar-refractivity contribution in [2.45, 2.75) is 45.6 Å². The normalized spacial score (nSPS) is 16.8. The molecule has 1 aromatic heterocycles. The molecule has 0 saturated carbocycles. The molecule has 0 atom stereocenters. The lowest BCUT2D eigenvalue weighted by atomic mass is 9.92. The van der Waals surface area contributed by atoms with Crippen LogP contribution in [0.2, 0.25) is 0 Å². The van der Waals surface area contributed by atoms with Gasteiger partial charge in [0, 0.05) is 24.1 Å². The van der Waals surface area contributed by atoms with E-state index in [1.807, 2.05) is 13.8 Å². The van der Waals surface area contributed by atoms with Gasteiger partial charge in [-0.15, -0.1) is 0 Å². The molecule has 3 nitrogen and oxygen atoms in total. The fourth-order valence-corrected chi connectivity index (χ4v) is 1.83. The van der Waals surface area contributed by atoms with Crippen molar-refractivity contribution in [3.63, 3.8) is 0 Å². The van der Waals surface area contributed by atoms with Crippen LogP contribution in [0.25, 0.3) is 0 Å². The largest absolute Gasteiger partial charge is 0.391 e. The molecule has 1 heterocycles. The average molecular weight is 245 g/mol. The third-order valence-corrected chi connectivity index (χ3v) is 2.65. The monoisotopic (exact) mass is 245 g/mol. The molecule has 0 radical (unpaired) electrons. The molecule has 0 saturated heterocycles. The Morgan fingerprint density at radius 1 is 1.47 bits per heavy atom. The van der Waals surface area contributed by atoms with Gasteiger partial charge in [0.15, 0.2) is 0 Å². The second-order valence-corrected chi connectivity index (χ2v) is 3.82. The lowest BCUT2D eigenvalue weighted by Crippen LogP contribution is -2.29. The van der Waals surface area contributed by atoms with E-state index in [-0.39, 0.29) is 30.4 Å². The number of hydrogen-bond donors (Lipinski definition) is 2. The topological polar surface area (TPSA) is 53.1 Å². The third-order valence-electron chi connectivity index (χ3n) is 2.65. The van der Waals surface area contributed by atoms with E-state index < -0.39 is 12.5 Å². The summed E-state index contributed by atoms with van der Waals surface area (Å²) in [5.74, 6) is -2.70. The Morgan fingerprint density at radius 2 is 2.12 bits per heavy atom. The highest BCUT2D eigenvalue weighted by molar-refractivity contribution is 5.28. The number of aromatic nitrogens is 1. The molecule has 0 fully saturated rings. The number of halogens is 2. The average Bonchev–Trinajstić information content (AvgIpc) is 2.31. The number of pyridine rings is 1. The van der Waals surface area contributed by atoms with E-state index in [9.17, 15) is 13.6 Å². The first kappa shape index (κ1) is 13.8. The van der Waals surface area contributed by atoms with Gasteiger partial charge >= 0.3 is 0 Å². The second kappa shape index (κ2) is 5.40. The van der Waals surface area contributed by atoms with Crippen LogP contribution in [0, 0.1) is 0 Å². The molecule has 1 aromatic rings. The SMILES string of the molecule is CC.O=c1[nH]c2c(cc1CO)CC(F)(F)CC2. The summed E-state index contributed by atoms with van der Waals surface area (Å²) in [5, 5.41) is 8.84. The van der Waals surface area contributed by atoms with Crippen LogP contribution >= 0.6 is 0 Å². The van der Waals surface area contributed by atoms with Crippen molar-refractivity contribution in [1.82, 2.24) is 4.98 Å². The standard InChI is InChI=1S/C10H11F2NO2.C2H6/c11-10(12)2-1-8-6(4-10)3-7(5-14)9(15)13-8;1-2/h3,14H,1-2,4-5H2,(H,13,15);1-2H3. The van der Waals surface area contributed by atoms with Crippen LogP contribution in [0.3, 0.4) is 0 Å². The fraction of sp³-hybridized carbons (Fsp3) is 0.583. The maximum atomic E-state index is 13.1. The molecular weight excluding hydrogens is 228 g/mol. The van der Waals surface area contributed by atoms with E-state index in [0.717, 1.165) is 0 Å². The summed E-state index contributed by atoms with van der Waals surface area (Å²) in [7, 11) is 0. The molecule has 1 aliphatic rings. The number of alkyl halides is 2. The molecule has 2 N–H and O–H groups in total. The van der Waals surface area contributed by atoms with Gasteiger partial charge in [-0.2, -0.15) is 0 Å². The Hall–Kier alpha value is -1.23. The number of aryl methyl sites for hydroxylation is 1. The Labute approximate surface area is 98.5 Å². The summed E-state index contributed by atoms with van der Waals surface area (Å²) >= 11 is 0. The van der Waals surface area contributed by atoms with Crippen molar-refractivity contribution in [3.8, 4) is 0 Å². The summed E-state index contributed by atoms with van der Waals surface area (Å²) in [4.78, 5) is 13.8. The molecule has 0 bridgehead atoms. The van der Waals surface area contributed by atoms with Gasteiger partial charge in [0.1, 0.15) is 0 Å². The Bertz CT molecular complexity index is 441.